The topological polar surface area (TPSA) is 69.9 Å². The van der Waals surface area contributed by atoms with E-state index in [0.29, 0.717) is 27.5 Å². The zero-order chi connectivity index (χ0) is 16.6. The molecule has 3 rings (SSSR count). The first-order chi connectivity index (χ1) is 11.0. The lowest BCUT2D eigenvalue weighted by molar-refractivity contribution is 0.510. The maximum absolute atomic E-state index is 13.6. The number of fused-ring (bicyclic) bond motifs is 1. The monoisotopic (exact) mass is 336 g/mol. The van der Waals surface area contributed by atoms with Crippen molar-refractivity contribution < 1.29 is 8.78 Å². The highest BCUT2D eigenvalue weighted by atomic mass is 32.2. The van der Waals surface area contributed by atoms with Crippen molar-refractivity contribution in [1.82, 2.24) is 9.55 Å². The highest BCUT2D eigenvalue weighted by Crippen LogP contribution is 2.40. The Morgan fingerprint density at radius 3 is 2.70 bits per heavy atom. The van der Waals surface area contributed by atoms with Crippen LogP contribution in [0.15, 0.2) is 29.4 Å². The Kier molecular flexibility index (Phi) is 4.30. The van der Waals surface area contributed by atoms with Crippen molar-refractivity contribution in [1.29, 1.82) is 0 Å². The molecule has 1 saturated carbocycles. The first-order valence-corrected chi connectivity index (χ1v) is 8.43. The Morgan fingerprint density at radius 1 is 1.39 bits per heavy atom. The maximum Gasteiger partial charge on any atom is 0.161 e. The summed E-state index contributed by atoms with van der Waals surface area (Å²) >= 11 is 1.50. The molecule has 1 heterocycles. The van der Waals surface area contributed by atoms with Crippen LogP contribution < -0.4 is 11.5 Å². The fourth-order valence-corrected chi connectivity index (χ4v) is 3.09. The second-order valence-corrected chi connectivity index (χ2v) is 6.73. The van der Waals surface area contributed by atoms with Gasteiger partial charge in [-0.15, -0.1) is 11.8 Å². The molecule has 0 bridgehead atoms. The van der Waals surface area contributed by atoms with Crippen molar-refractivity contribution in [3.63, 3.8) is 0 Å². The van der Waals surface area contributed by atoms with E-state index in [9.17, 15) is 8.78 Å². The average Bonchev–Trinajstić information content (AvgIpc) is 3.28. The van der Waals surface area contributed by atoms with Gasteiger partial charge in [0.05, 0.1) is 16.1 Å². The number of aromatic nitrogens is 2. The number of halogens is 2. The molecule has 0 spiro atoms. The molecule has 0 radical (unpaired) electrons. The van der Waals surface area contributed by atoms with Crippen LogP contribution in [0.3, 0.4) is 0 Å². The molecule has 7 heteroatoms. The van der Waals surface area contributed by atoms with Crippen LogP contribution in [-0.4, -0.2) is 15.3 Å². The lowest BCUT2D eigenvalue weighted by Crippen LogP contribution is -2.03. The molecular weight excluding hydrogens is 318 g/mol. The van der Waals surface area contributed by atoms with E-state index in [1.54, 1.807) is 6.08 Å². The van der Waals surface area contributed by atoms with Gasteiger partial charge in [0.25, 0.3) is 0 Å². The van der Waals surface area contributed by atoms with E-state index in [1.807, 2.05) is 11.5 Å². The van der Waals surface area contributed by atoms with Crippen LogP contribution in [-0.2, 0) is 0 Å². The zero-order valence-corrected chi connectivity index (χ0v) is 13.5. The zero-order valence-electron chi connectivity index (χ0n) is 12.7. The molecule has 1 aromatic carbocycles. The summed E-state index contributed by atoms with van der Waals surface area (Å²) in [4.78, 5) is 4.46. The van der Waals surface area contributed by atoms with Crippen molar-refractivity contribution in [3.05, 3.63) is 46.9 Å². The molecule has 1 fully saturated rings. The second-order valence-electron chi connectivity index (χ2n) is 5.39. The Labute approximate surface area is 137 Å². The van der Waals surface area contributed by atoms with Gasteiger partial charge in [0.1, 0.15) is 5.82 Å². The number of nitrogens with zero attached hydrogens (tertiary/aromatic N) is 2. The summed E-state index contributed by atoms with van der Waals surface area (Å²) in [6.45, 7) is 2.00. The first kappa shape index (κ1) is 15.9. The van der Waals surface area contributed by atoms with Crippen LogP contribution in [0.2, 0.25) is 0 Å². The van der Waals surface area contributed by atoms with E-state index in [2.05, 4.69) is 4.98 Å². The summed E-state index contributed by atoms with van der Waals surface area (Å²) in [5.41, 5.74) is 13.3. The summed E-state index contributed by atoms with van der Waals surface area (Å²) in [6.07, 6.45) is 5.15. The minimum atomic E-state index is -0.903. The van der Waals surface area contributed by atoms with Crippen molar-refractivity contribution in [2.24, 2.45) is 11.5 Å². The van der Waals surface area contributed by atoms with Crippen LogP contribution in [0.4, 0.5) is 8.78 Å². The van der Waals surface area contributed by atoms with Gasteiger partial charge in [-0.05, 0) is 24.7 Å². The number of allylic oxidation sites excluding steroid dienone is 2. The minimum Gasteiger partial charge on any atom is -0.404 e. The molecule has 1 aromatic heterocycles. The lowest BCUT2D eigenvalue weighted by atomic mass is 10.2. The summed E-state index contributed by atoms with van der Waals surface area (Å²) in [5, 5.41) is 0.621. The number of rotatable bonds is 5. The number of benzene rings is 1. The van der Waals surface area contributed by atoms with Crippen molar-refractivity contribution in [3.8, 4) is 0 Å². The van der Waals surface area contributed by atoms with Gasteiger partial charge < -0.3 is 16.0 Å². The summed E-state index contributed by atoms with van der Waals surface area (Å²) in [5.74, 6) is -0.343. The largest absolute Gasteiger partial charge is 0.404 e. The third kappa shape index (κ3) is 3.06. The molecule has 0 atom stereocenters. The van der Waals surface area contributed by atoms with E-state index in [4.69, 9.17) is 11.5 Å². The average molecular weight is 336 g/mol. The molecule has 4 nitrogen and oxygen atoms in total. The van der Waals surface area contributed by atoms with Gasteiger partial charge in [-0.3, -0.25) is 0 Å². The third-order valence-corrected chi connectivity index (χ3v) is 4.43. The van der Waals surface area contributed by atoms with Crippen LogP contribution in [0.5, 0.6) is 0 Å². The molecule has 0 unspecified atom stereocenters. The molecule has 122 valence electrons. The summed E-state index contributed by atoms with van der Waals surface area (Å²) in [7, 11) is 0. The lowest BCUT2D eigenvalue weighted by Gasteiger charge is -2.09. The number of hydrogen-bond acceptors (Lipinski definition) is 4. The fraction of sp³-hybridized carbons (Fsp3) is 0.312. The molecule has 4 N–H and O–H groups in total. The Bertz CT molecular complexity index is 806. The quantitative estimate of drug-likeness (QED) is 0.820. The standard InChI is InChI=1S/C16H18F2N4S/c1-2-23-15(20)5-9(8-19)16-21-13-6-11(17)12(18)7-14(13)22(16)10-3-4-10/h5-8,10H,2-4,19-20H2,1H3/b9-8+,15-5+. The third-order valence-electron chi connectivity index (χ3n) is 3.69. The molecule has 1 aliphatic carbocycles. The SMILES string of the molecule is CCS/C(N)=C/C(=C\N)c1nc2cc(F)c(F)cc2n1C1CC1. The molecule has 1 aliphatic rings. The van der Waals surface area contributed by atoms with Gasteiger partial charge >= 0.3 is 0 Å². The van der Waals surface area contributed by atoms with E-state index in [0.717, 1.165) is 24.7 Å². The fourth-order valence-electron chi connectivity index (χ4n) is 2.55. The van der Waals surface area contributed by atoms with Crippen LogP contribution in [0.1, 0.15) is 31.6 Å². The van der Waals surface area contributed by atoms with Crippen molar-refractivity contribution in [2.75, 3.05) is 5.75 Å². The number of hydrogen-bond donors (Lipinski definition) is 2. The molecule has 2 aromatic rings. The molecule has 23 heavy (non-hydrogen) atoms. The molecule has 0 amide bonds. The van der Waals surface area contributed by atoms with Gasteiger partial charge in [-0.25, -0.2) is 13.8 Å². The smallest absolute Gasteiger partial charge is 0.161 e. The van der Waals surface area contributed by atoms with Crippen LogP contribution in [0, 0.1) is 11.6 Å². The Morgan fingerprint density at radius 2 is 2.09 bits per heavy atom. The predicted molar refractivity (Wildman–Crippen MR) is 90.5 cm³/mol. The van der Waals surface area contributed by atoms with Crippen molar-refractivity contribution >= 4 is 28.4 Å². The highest BCUT2D eigenvalue weighted by molar-refractivity contribution is 8.02. The van der Waals surface area contributed by atoms with Crippen LogP contribution in [0.25, 0.3) is 16.6 Å². The van der Waals surface area contributed by atoms with E-state index >= 15 is 0 Å². The number of nitrogens with two attached hydrogens (primary N) is 2. The molecule has 0 saturated heterocycles. The summed E-state index contributed by atoms with van der Waals surface area (Å²) in [6, 6.07) is 2.56. The van der Waals surface area contributed by atoms with Crippen LogP contribution >= 0.6 is 11.8 Å². The highest BCUT2D eigenvalue weighted by Gasteiger charge is 2.29. The maximum atomic E-state index is 13.6. The normalized spacial score (nSPS) is 16.3. The van der Waals surface area contributed by atoms with E-state index < -0.39 is 11.6 Å². The second kappa shape index (κ2) is 6.23. The van der Waals surface area contributed by atoms with E-state index in [-0.39, 0.29) is 6.04 Å². The number of imidazole rings is 1. The van der Waals surface area contributed by atoms with E-state index in [1.165, 1.54) is 24.0 Å². The van der Waals surface area contributed by atoms with Gasteiger partial charge in [0.2, 0.25) is 0 Å². The predicted octanol–water partition coefficient (Wildman–Crippen LogP) is 3.50. The molecular formula is C16H18F2N4S. The Hall–Kier alpha value is -2.02. The first-order valence-electron chi connectivity index (χ1n) is 7.44. The van der Waals surface area contributed by atoms with Gasteiger partial charge in [0.15, 0.2) is 11.6 Å². The van der Waals surface area contributed by atoms with Gasteiger partial charge in [-0.2, -0.15) is 0 Å². The van der Waals surface area contributed by atoms with Gasteiger partial charge in [0, 0.05) is 29.9 Å². The minimum absolute atomic E-state index is 0.239. The number of thioether (sulfide) groups is 1. The summed E-state index contributed by atoms with van der Waals surface area (Å²) < 4.78 is 29.1. The van der Waals surface area contributed by atoms with Gasteiger partial charge in [-0.1, -0.05) is 6.92 Å². The van der Waals surface area contributed by atoms with Crippen molar-refractivity contribution in [2.45, 2.75) is 25.8 Å². The Balaban J connectivity index is 2.16. The molecule has 0 aliphatic heterocycles.